The third-order valence-corrected chi connectivity index (χ3v) is 4.15. The van der Waals surface area contributed by atoms with Crippen LogP contribution in [0.3, 0.4) is 0 Å². The summed E-state index contributed by atoms with van der Waals surface area (Å²) >= 11 is 5.87. The molecule has 1 aliphatic carbocycles. The van der Waals surface area contributed by atoms with E-state index in [1.165, 1.54) is 6.20 Å². The number of hydrogen-bond donors (Lipinski definition) is 1. The molecule has 3 rings (SSSR count). The quantitative estimate of drug-likeness (QED) is 0.661. The molecule has 132 valence electrons. The zero-order chi connectivity index (χ0) is 18.4. The Morgan fingerprint density at radius 3 is 2.62 bits per heavy atom. The first-order valence-electron chi connectivity index (χ1n) is 8.17. The maximum atomic E-state index is 11.4. The van der Waals surface area contributed by atoms with E-state index < -0.39 is 0 Å². The second-order valence-electron chi connectivity index (χ2n) is 5.79. The molecule has 1 aliphatic rings. The van der Waals surface area contributed by atoms with Gasteiger partial charge in [-0.25, -0.2) is 4.98 Å². The van der Waals surface area contributed by atoms with E-state index in [0.717, 1.165) is 5.56 Å². The average Bonchev–Trinajstić information content (AvgIpc) is 2.65. The van der Waals surface area contributed by atoms with Crippen LogP contribution >= 0.6 is 11.6 Å². The summed E-state index contributed by atoms with van der Waals surface area (Å²) in [6, 6.07) is 7.14. The fraction of sp³-hybridized carbons (Fsp3) is 0.263. The van der Waals surface area contributed by atoms with Gasteiger partial charge in [-0.3, -0.25) is 14.9 Å². The molecule has 1 amide bonds. The molecule has 0 radical (unpaired) electrons. The molecule has 1 heterocycles. The van der Waals surface area contributed by atoms with Crippen LogP contribution in [0, 0.1) is 11.8 Å². The fourth-order valence-electron chi connectivity index (χ4n) is 2.53. The number of nitrogens with one attached hydrogen (secondary N) is 1. The van der Waals surface area contributed by atoms with Crippen LogP contribution < -0.4 is 10.1 Å². The number of rotatable bonds is 4. The van der Waals surface area contributed by atoms with Crippen molar-refractivity contribution in [2.45, 2.75) is 31.8 Å². The van der Waals surface area contributed by atoms with Crippen molar-refractivity contribution < 1.29 is 14.3 Å². The van der Waals surface area contributed by atoms with E-state index in [1.807, 2.05) is 12.1 Å². The minimum Gasteiger partial charge on any atom is -0.473 e. The topological polar surface area (TPSA) is 81.2 Å². The molecule has 0 unspecified atom stereocenters. The number of carbonyl (C=O) groups is 2. The molecular weight excluding hydrogens is 354 g/mol. The molecule has 26 heavy (non-hydrogen) atoms. The molecule has 6 nitrogen and oxygen atoms in total. The highest BCUT2D eigenvalue weighted by molar-refractivity contribution is 6.30. The SMILES string of the molecule is O=CNc1ncc(C#Cc2ccc(Cl)cc2)c(OC2CCC(=O)CC2)n1. The van der Waals surface area contributed by atoms with Gasteiger partial charge in [0.05, 0.1) is 6.20 Å². The second-order valence-corrected chi connectivity index (χ2v) is 6.22. The smallest absolute Gasteiger partial charge is 0.234 e. The molecule has 1 fully saturated rings. The van der Waals surface area contributed by atoms with E-state index in [2.05, 4.69) is 27.1 Å². The molecule has 1 aromatic carbocycles. The summed E-state index contributed by atoms with van der Waals surface area (Å²) in [6.07, 6.45) is 4.18. The Labute approximate surface area is 155 Å². The number of nitrogens with zero attached hydrogens (tertiary/aromatic N) is 2. The van der Waals surface area contributed by atoms with Crippen LogP contribution in [-0.2, 0) is 9.59 Å². The van der Waals surface area contributed by atoms with Crippen molar-refractivity contribution in [3.8, 4) is 17.7 Å². The molecule has 1 aromatic heterocycles. The van der Waals surface area contributed by atoms with E-state index in [4.69, 9.17) is 16.3 Å². The van der Waals surface area contributed by atoms with Gasteiger partial charge < -0.3 is 4.74 Å². The Balaban J connectivity index is 1.85. The van der Waals surface area contributed by atoms with Crippen LogP contribution in [0.2, 0.25) is 5.02 Å². The maximum absolute atomic E-state index is 11.4. The van der Waals surface area contributed by atoms with Crippen molar-refractivity contribution in [2.75, 3.05) is 5.32 Å². The molecule has 0 atom stereocenters. The van der Waals surface area contributed by atoms with Crippen molar-refractivity contribution in [1.29, 1.82) is 0 Å². The average molecular weight is 370 g/mol. The predicted molar refractivity (Wildman–Crippen MR) is 97.0 cm³/mol. The van der Waals surface area contributed by atoms with Crippen molar-refractivity contribution in [1.82, 2.24) is 9.97 Å². The molecule has 0 saturated heterocycles. The molecule has 1 saturated carbocycles. The summed E-state index contributed by atoms with van der Waals surface area (Å²) in [4.78, 5) is 30.3. The minimum atomic E-state index is -0.109. The van der Waals surface area contributed by atoms with Gasteiger partial charge in [0, 0.05) is 23.4 Å². The molecule has 0 bridgehead atoms. The first kappa shape index (κ1) is 17.9. The Morgan fingerprint density at radius 1 is 1.19 bits per heavy atom. The summed E-state index contributed by atoms with van der Waals surface area (Å²) < 4.78 is 5.95. The number of aromatic nitrogens is 2. The van der Waals surface area contributed by atoms with E-state index in [0.29, 0.717) is 48.6 Å². The number of ether oxygens (including phenoxy) is 1. The van der Waals surface area contributed by atoms with Gasteiger partial charge >= 0.3 is 0 Å². The number of hydrogen-bond acceptors (Lipinski definition) is 5. The van der Waals surface area contributed by atoms with Gasteiger partial charge in [-0.05, 0) is 37.1 Å². The normalized spacial score (nSPS) is 14.3. The first-order valence-corrected chi connectivity index (χ1v) is 8.55. The highest BCUT2D eigenvalue weighted by Crippen LogP contribution is 2.23. The minimum absolute atomic E-state index is 0.109. The molecular formula is C19H16ClN3O3. The van der Waals surface area contributed by atoms with E-state index in [1.54, 1.807) is 12.1 Å². The lowest BCUT2D eigenvalue weighted by Crippen LogP contribution is -2.25. The number of ketones is 1. The number of Topliss-reactive ketones (excluding diaryl/α,β-unsaturated/α-hetero) is 1. The monoisotopic (exact) mass is 369 g/mol. The van der Waals surface area contributed by atoms with Gasteiger partial charge in [0.1, 0.15) is 17.5 Å². The van der Waals surface area contributed by atoms with E-state index in [-0.39, 0.29) is 17.8 Å². The summed E-state index contributed by atoms with van der Waals surface area (Å²) in [7, 11) is 0. The van der Waals surface area contributed by atoms with Gasteiger partial charge in [-0.1, -0.05) is 23.4 Å². The van der Waals surface area contributed by atoms with Crippen LogP contribution in [0.15, 0.2) is 30.5 Å². The number of halogens is 1. The van der Waals surface area contributed by atoms with Crippen LogP contribution in [0.4, 0.5) is 5.95 Å². The largest absolute Gasteiger partial charge is 0.473 e. The molecule has 0 aliphatic heterocycles. The van der Waals surface area contributed by atoms with Crippen molar-refractivity contribution in [2.24, 2.45) is 0 Å². The number of carbonyl (C=O) groups excluding carboxylic acids is 2. The van der Waals surface area contributed by atoms with Gasteiger partial charge in [-0.2, -0.15) is 4.98 Å². The summed E-state index contributed by atoms with van der Waals surface area (Å²) in [5.41, 5.74) is 1.30. The lowest BCUT2D eigenvalue weighted by molar-refractivity contribution is -0.121. The fourth-order valence-corrected chi connectivity index (χ4v) is 2.65. The van der Waals surface area contributed by atoms with Crippen LogP contribution in [0.25, 0.3) is 0 Å². The first-order chi connectivity index (χ1) is 12.6. The Bertz CT molecular complexity index is 862. The van der Waals surface area contributed by atoms with Gasteiger partial charge in [0.15, 0.2) is 0 Å². The standard InChI is InChI=1S/C19H16ClN3O3/c20-15-5-2-13(3-6-15)1-4-14-11-21-19(22-12-24)23-18(14)26-17-9-7-16(25)8-10-17/h2-3,5-6,11-12,17H,7-10H2,(H,21,22,23,24). The van der Waals surface area contributed by atoms with Crippen LogP contribution in [-0.4, -0.2) is 28.3 Å². The van der Waals surface area contributed by atoms with Crippen molar-refractivity contribution in [3.63, 3.8) is 0 Å². The second kappa shape index (κ2) is 8.45. The highest BCUT2D eigenvalue weighted by atomic mass is 35.5. The lowest BCUT2D eigenvalue weighted by Gasteiger charge is -2.22. The van der Waals surface area contributed by atoms with Crippen LogP contribution in [0.1, 0.15) is 36.8 Å². The van der Waals surface area contributed by atoms with Gasteiger partial charge in [0.2, 0.25) is 18.2 Å². The molecule has 0 spiro atoms. The number of anilines is 1. The van der Waals surface area contributed by atoms with Crippen molar-refractivity contribution >= 4 is 29.7 Å². The zero-order valence-electron chi connectivity index (χ0n) is 13.9. The van der Waals surface area contributed by atoms with Crippen molar-refractivity contribution in [3.05, 3.63) is 46.6 Å². The lowest BCUT2D eigenvalue weighted by atomic mass is 9.96. The Morgan fingerprint density at radius 2 is 1.92 bits per heavy atom. The van der Waals surface area contributed by atoms with Crippen LogP contribution in [0.5, 0.6) is 5.88 Å². The third-order valence-electron chi connectivity index (χ3n) is 3.90. The predicted octanol–water partition coefficient (Wildman–Crippen LogP) is 2.99. The Kier molecular flexibility index (Phi) is 5.82. The molecule has 7 heteroatoms. The summed E-state index contributed by atoms with van der Waals surface area (Å²) in [6.45, 7) is 0. The number of amides is 1. The van der Waals surface area contributed by atoms with Gasteiger partial charge in [0.25, 0.3) is 0 Å². The Hall–Kier alpha value is -2.91. The van der Waals surface area contributed by atoms with E-state index in [9.17, 15) is 9.59 Å². The number of benzene rings is 1. The van der Waals surface area contributed by atoms with Gasteiger partial charge in [-0.15, -0.1) is 0 Å². The van der Waals surface area contributed by atoms with E-state index >= 15 is 0 Å². The molecule has 2 aromatic rings. The zero-order valence-corrected chi connectivity index (χ0v) is 14.6. The summed E-state index contributed by atoms with van der Waals surface area (Å²) in [5.74, 6) is 6.69. The summed E-state index contributed by atoms with van der Waals surface area (Å²) in [5, 5.41) is 3.04. The third kappa shape index (κ3) is 4.80. The highest BCUT2D eigenvalue weighted by Gasteiger charge is 2.21. The molecule has 1 N–H and O–H groups in total. The maximum Gasteiger partial charge on any atom is 0.234 e.